The van der Waals surface area contributed by atoms with E-state index >= 15 is 0 Å². The molecule has 1 amide bonds. The van der Waals surface area contributed by atoms with Crippen LogP contribution in [0.4, 0.5) is 5.69 Å². The Kier molecular flexibility index (Phi) is 7.47. The maximum Gasteiger partial charge on any atom is 0.338 e. The molecule has 0 aliphatic carbocycles. The van der Waals surface area contributed by atoms with Gasteiger partial charge in [0.1, 0.15) is 17.9 Å². The van der Waals surface area contributed by atoms with Gasteiger partial charge in [0.15, 0.2) is 0 Å². The van der Waals surface area contributed by atoms with Crippen LogP contribution in [0.25, 0.3) is 22.8 Å². The third kappa shape index (κ3) is 5.58. The molecule has 0 aliphatic heterocycles. The lowest BCUT2D eigenvalue weighted by atomic mass is 10.1. The van der Waals surface area contributed by atoms with Gasteiger partial charge in [-0.1, -0.05) is 11.2 Å². The second-order valence-electron chi connectivity index (χ2n) is 8.24. The van der Waals surface area contributed by atoms with Crippen molar-refractivity contribution < 1.29 is 23.6 Å². The van der Waals surface area contributed by atoms with Crippen LogP contribution in [-0.4, -0.2) is 40.3 Å². The predicted octanol–water partition coefficient (Wildman–Crippen LogP) is 4.01. The fraction of sp³-hybridized carbons (Fsp3) is 0.222. The van der Waals surface area contributed by atoms with Crippen molar-refractivity contribution in [2.75, 3.05) is 19.0 Å². The molecule has 2 heterocycles. The van der Waals surface area contributed by atoms with Gasteiger partial charge in [-0.15, -0.1) is 0 Å². The molecule has 2 aromatic carbocycles. The van der Waals surface area contributed by atoms with Gasteiger partial charge in [0, 0.05) is 16.9 Å². The van der Waals surface area contributed by atoms with E-state index in [0.29, 0.717) is 39.6 Å². The Hall–Kier alpha value is -4.73. The number of benzene rings is 2. The van der Waals surface area contributed by atoms with Crippen LogP contribution in [0.3, 0.4) is 0 Å². The van der Waals surface area contributed by atoms with Gasteiger partial charge in [0.05, 0.1) is 19.3 Å². The van der Waals surface area contributed by atoms with E-state index in [1.54, 1.807) is 76.4 Å². The molecule has 190 valence electrons. The molecule has 10 nitrogen and oxygen atoms in total. The first-order chi connectivity index (χ1) is 17.8. The van der Waals surface area contributed by atoms with E-state index in [2.05, 4.69) is 15.5 Å². The zero-order chi connectivity index (χ0) is 26.5. The fourth-order valence-corrected chi connectivity index (χ4v) is 3.85. The molecule has 0 radical (unpaired) electrons. The van der Waals surface area contributed by atoms with Crippen molar-refractivity contribution in [3.63, 3.8) is 0 Å². The Balaban J connectivity index is 1.58. The van der Waals surface area contributed by atoms with Crippen molar-refractivity contribution in [1.29, 1.82) is 0 Å². The summed E-state index contributed by atoms with van der Waals surface area (Å²) in [6.45, 7) is 5.22. The monoisotopic (exact) mass is 502 g/mol. The normalized spacial score (nSPS) is 10.7. The molecular formula is C27H26N4O6. The van der Waals surface area contributed by atoms with Gasteiger partial charge in [-0.3, -0.25) is 9.59 Å². The maximum atomic E-state index is 13.4. The highest BCUT2D eigenvalue weighted by Crippen LogP contribution is 2.24. The zero-order valence-corrected chi connectivity index (χ0v) is 20.9. The topological polar surface area (TPSA) is 126 Å². The number of carbonyl (C=O) groups is 2. The van der Waals surface area contributed by atoms with Crippen molar-refractivity contribution in [3.8, 4) is 28.6 Å². The lowest BCUT2D eigenvalue weighted by Crippen LogP contribution is -2.30. The minimum absolute atomic E-state index is 0.0598. The van der Waals surface area contributed by atoms with Crippen LogP contribution < -0.4 is 15.6 Å². The predicted molar refractivity (Wildman–Crippen MR) is 136 cm³/mol. The van der Waals surface area contributed by atoms with Crippen LogP contribution in [0, 0.1) is 13.8 Å². The zero-order valence-electron chi connectivity index (χ0n) is 20.9. The van der Waals surface area contributed by atoms with Gasteiger partial charge in [0.2, 0.25) is 11.7 Å². The highest BCUT2D eigenvalue weighted by molar-refractivity contribution is 5.94. The van der Waals surface area contributed by atoms with Crippen molar-refractivity contribution in [2.45, 2.75) is 27.3 Å². The van der Waals surface area contributed by atoms with Crippen LogP contribution in [-0.2, 0) is 16.1 Å². The van der Waals surface area contributed by atoms with E-state index in [1.807, 2.05) is 0 Å². The second-order valence-corrected chi connectivity index (χ2v) is 8.24. The summed E-state index contributed by atoms with van der Waals surface area (Å²) < 4.78 is 16.9. The van der Waals surface area contributed by atoms with Crippen molar-refractivity contribution in [3.05, 3.63) is 81.8 Å². The fourth-order valence-electron chi connectivity index (χ4n) is 3.85. The Morgan fingerprint density at radius 2 is 1.84 bits per heavy atom. The minimum Gasteiger partial charge on any atom is -0.497 e. The molecule has 1 N–H and O–H groups in total. The van der Waals surface area contributed by atoms with Gasteiger partial charge in [0.25, 0.3) is 11.4 Å². The molecule has 37 heavy (non-hydrogen) atoms. The van der Waals surface area contributed by atoms with E-state index in [1.165, 1.54) is 10.6 Å². The first-order valence-corrected chi connectivity index (χ1v) is 11.6. The lowest BCUT2D eigenvalue weighted by Gasteiger charge is -2.13. The largest absolute Gasteiger partial charge is 0.497 e. The molecule has 2 aromatic heterocycles. The van der Waals surface area contributed by atoms with Gasteiger partial charge < -0.3 is 23.9 Å². The number of amides is 1. The van der Waals surface area contributed by atoms with Gasteiger partial charge >= 0.3 is 5.97 Å². The van der Waals surface area contributed by atoms with Gasteiger partial charge in [-0.05, 0) is 74.9 Å². The summed E-state index contributed by atoms with van der Waals surface area (Å²) in [5, 5.41) is 6.74. The molecule has 0 saturated carbocycles. The Labute approximate surface area is 212 Å². The molecule has 0 bridgehead atoms. The average Bonchev–Trinajstić information content (AvgIpc) is 3.36. The smallest absolute Gasteiger partial charge is 0.338 e. The molecule has 4 rings (SSSR count). The average molecular weight is 503 g/mol. The van der Waals surface area contributed by atoms with Crippen LogP contribution in [0.15, 0.2) is 63.9 Å². The van der Waals surface area contributed by atoms with Crippen molar-refractivity contribution >= 4 is 17.6 Å². The maximum absolute atomic E-state index is 13.4. The number of hydrogen-bond donors (Lipinski definition) is 1. The summed E-state index contributed by atoms with van der Waals surface area (Å²) >= 11 is 0. The number of nitrogens with zero attached hydrogens (tertiary/aromatic N) is 3. The molecule has 10 heteroatoms. The van der Waals surface area contributed by atoms with Gasteiger partial charge in [-0.25, -0.2) is 4.79 Å². The number of aromatic nitrogens is 3. The number of anilines is 1. The van der Waals surface area contributed by atoms with Crippen LogP contribution >= 0.6 is 0 Å². The second kappa shape index (κ2) is 10.9. The number of carbonyl (C=O) groups excluding carboxylic acids is 2. The van der Waals surface area contributed by atoms with Crippen molar-refractivity contribution in [1.82, 2.24) is 14.7 Å². The molecule has 0 saturated heterocycles. The number of pyridine rings is 1. The molecule has 0 atom stereocenters. The molecule has 4 aromatic rings. The number of hydrogen-bond acceptors (Lipinski definition) is 8. The van der Waals surface area contributed by atoms with E-state index in [0.717, 1.165) is 0 Å². The standard InChI is InChI=1S/C27H26N4O6/c1-5-36-27(34)19-7-6-8-20(14-19)28-22(32)15-31-17(3)13-16(2)23(26(31)33)25-29-24(30-37-25)18-9-11-21(35-4)12-10-18/h6-14H,5,15H2,1-4H3,(H,28,32). The first-order valence-electron chi connectivity index (χ1n) is 11.6. The quantitative estimate of drug-likeness (QED) is 0.358. The summed E-state index contributed by atoms with van der Waals surface area (Å²) in [7, 11) is 1.58. The highest BCUT2D eigenvalue weighted by Gasteiger charge is 2.20. The van der Waals surface area contributed by atoms with Crippen molar-refractivity contribution in [2.24, 2.45) is 0 Å². The molecule has 0 fully saturated rings. The van der Waals surface area contributed by atoms with E-state index in [4.69, 9.17) is 14.0 Å². The Morgan fingerprint density at radius 1 is 1.08 bits per heavy atom. The highest BCUT2D eigenvalue weighted by atomic mass is 16.5. The third-order valence-electron chi connectivity index (χ3n) is 5.65. The van der Waals surface area contributed by atoms with Crippen LogP contribution in [0.5, 0.6) is 5.75 Å². The van der Waals surface area contributed by atoms with E-state index in [9.17, 15) is 14.4 Å². The summed E-state index contributed by atoms with van der Waals surface area (Å²) in [5.41, 5.74) is 2.45. The Morgan fingerprint density at radius 3 is 2.54 bits per heavy atom. The first kappa shape index (κ1) is 25.4. The number of ether oxygens (including phenoxy) is 2. The molecule has 0 spiro atoms. The Bertz CT molecular complexity index is 1500. The molecular weight excluding hydrogens is 476 g/mol. The number of methoxy groups -OCH3 is 1. The third-order valence-corrected chi connectivity index (χ3v) is 5.65. The number of esters is 1. The summed E-state index contributed by atoms with van der Waals surface area (Å²) in [4.78, 5) is 42.6. The van der Waals surface area contributed by atoms with E-state index < -0.39 is 17.4 Å². The summed E-state index contributed by atoms with van der Waals surface area (Å²) in [5.74, 6) is 0.149. The number of aryl methyl sites for hydroxylation is 2. The molecule has 0 aliphatic rings. The van der Waals surface area contributed by atoms with E-state index in [-0.39, 0.29) is 24.6 Å². The molecule has 0 unspecified atom stereocenters. The summed E-state index contributed by atoms with van der Waals surface area (Å²) in [6, 6.07) is 15.3. The number of nitrogens with one attached hydrogen (secondary N) is 1. The minimum atomic E-state index is -0.484. The van der Waals surface area contributed by atoms with Gasteiger partial charge in [-0.2, -0.15) is 4.98 Å². The summed E-state index contributed by atoms with van der Waals surface area (Å²) in [6.07, 6.45) is 0. The van der Waals surface area contributed by atoms with Crippen LogP contribution in [0.2, 0.25) is 0 Å². The SMILES string of the molecule is CCOC(=O)c1cccc(NC(=O)Cn2c(C)cc(C)c(-c3nc(-c4ccc(OC)cc4)no3)c2=O)c1. The van der Waals surface area contributed by atoms with Crippen LogP contribution in [0.1, 0.15) is 28.5 Å². The number of rotatable bonds is 8. The lowest BCUT2D eigenvalue weighted by molar-refractivity contribution is -0.116.